The Morgan fingerprint density at radius 1 is 0.929 bits per heavy atom. The molecule has 2 amide bonds. The molecule has 1 atom stereocenters. The second-order valence-corrected chi connectivity index (χ2v) is 10.8. The fourth-order valence-corrected chi connectivity index (χ4v) is 4.96. The molecule has 0 saturated carbocycles. The SMILES string of the molecule is Cc1ccc(-c2ccc(NC(=O)C(Cc3ccc(C(=O)NCCSO)cc3)c3ccc(C(F)(F)F)cc3)cc2)c(Cl)c1. The molecule has 42 heavy (non-hydrogen) atoms. The third kappa shape index (κ3) is 8.15. The van der Waals surface area contributed by atoms with Gasteiger partial charge in [0.2, 0.25) is 5.91 Å². The van der Waals surface area contributed by atoms with E-state index in [0.29, 0.717) is 46.2 Å². The van der Waals surface area contributed by atoms with E-state index < -0.39 is 17.7 Å². The zero-order chi connectivity index (χ0) is 30.3. The summed E-state index contributed by atoms with van der Waals surface area (Å²) in [6.45, 7) is 2.25. The minimum absolute atomic E-state index is 0.192. The summed E-state index contributed by atoms with van der Waals surface area (Å²) < 4.78 is 48.3. The molecule has 0 spiro atoms. The van der Waals surface area contributed by atoms with Crippen LogP contribution in [0.25, 0.3) is 11.1 Å². The summed E-state index contributed by atoms with van der Waals surface area (Å²) >= 11 is 7.03. The van der Waals surface area contributed by atoms with Crippen LogP contribution in [0.3, 0.4) is 0 Å². The highest BCUT2D eigenvalue weighted by atomic mass is 35.5. The minimum atomic E-state index is -4.50. The van der Waals surface area contributed by atoms with E-state index in [-0.39, 0.29) is 18.2 Å². The van der Waals surface area contributed by atoms with Crippen molar-refractivity contribution >= 4 is 41.1 Å². The minimum Gasteiger partial charge on any atom is -0.351 e. The third-order valence-corrected chi connectivity index (χ3v) is 7.38. The van der Waals surface area contributed by atoms with Crippen LogP contribution in [-0.2, 0) is 17.4 Å². The van der Waals surface area contributed by atoms with E-state index in [4.69, 9.17) is 16.2 Å². The van der Waals surface area contributed by atoms with Gasteiger partial charge in [0.25, 0.3) is 5.91 Å². The molecule has 0 aliphatic carbocycles. The summed E-state index contributed by atoms with van der Waals surface area (Å²) in [5.41, 5.74) is 4.04. The number of rotatable bonds is 10. The first kappa shape index (κ1) is 31.2. The molecule has 5 nitrogen and oxygen atoms in total. The lowest BCUT2D eigenvalue weighted by Crippen LogP contribution is -2.25. The number of halogens is 4. The van der Waals surface area contributed by atoms with Crippen molar-refractivity contribution in [1.29, 1.82) is 0 Å². The molecule has 0 heterocycles. The Balaban J connectivity index is 1.54. The number of anilines is 1. The van der Waals surface area contributed by atoms with Gasteiger partial charge < -0.3 is 15.2 Å². The molecular formula is C32H28ClF3N2O3S. The average molecular weight is 613 g/mol. The van der Waals surface area contributed by atoms with E-state index in [1.54, 1.807) is 36.4 Å². The molecule has 0 radical (unpaired) electrons. The molecule has 0 aromatic heterocycles. The Morgan fingerprint density at radius 2 is 1.60 bits per heavy atom. The molecule has 0 aliphatic heterocycles. The van der Waals surface area contributed by atoms with Crippen molar-refractivity contribution in [2.45, 2.75) is 25.4 Å². The van der Waals surface area contributed by atoms with Crippen molar-refractivity contribution < 1.29 is 27.3 Å². The van der Waals surface area contributed by atoms with Gasteiger partial charge >= 0.3 is 6.18 Å². The van der Waals surface area contributed by atoms with Gasteiger partial charge in [-0.3, -0.25) is 9.59 Å². The maximum atomic E-state index is 13.5. The van der Waals surface area contributed by atoms with Crippen LogP contribution >= 0.6 is 23.6 Å². The van der Waals surface area contributed by atoms with E-state index >= 15 is 0 Å². The Morgan fingerprint density at radius 3 is 2.19 bits per heavy atom. The van der Waals surface area contributed by atoms with E-state index in [1.165, 1.54) is 12.1 Å². The Hall–Kier alpha value is -3.79. The molecule has 4 rings (SSSR count). The van der Waals surface area contributed by atoms with Crippen molar-refractivity contribution in [1.82, 2.24) is 5.32 Å². The number of nitrogens with one attached hydrogen (secondary N) is 2. The summed E-state index contributed by atoms with van der Waals surface area (Å²) in [6.07, 6.45) is -4.30. The molecule has 3 N–H and O–H groups in total. The average Bonchev–Trinajstić information content (AvgIpc) is 2.96. The number of aryl methyl sites for hydroxylation is 1. The summed E-state index contributed by atoms with van der Waals surface area (Å²) in [6, 6.07) is 24.1. The number of carbonyl (C=O) groups excluding carboxylic acids is 2. The fraction of sp³-hybridized carbons (Fsp3) is 0.188. The van der Waals surface area contributed by atoms with Gasteiger partial charge in [-0.1, -0.05) is 60.1 Å². The number of carbonyl (C=O) groups is 2. The van der Waals surface area contributed by atoms with Gasteiger partial charge in [0, 0.05) is 34.1 Å². The summed E-state index contributed by atoms with van der Waals surface area (Å²) in [5, 5.41) is 6.18. The predicted molar refractivity (Wildman–Crippen MR) is 162 cm³/mol. The smallest absolute Gasteiger partial charge is 0.351 e. The van der Waals surface area contributed by atoms with Gasteiger partial charge in [-0.2, -0.15) is 13.2 Å². The maximum absolute atomic E-state index is 13.5. The normalized spacial score (nSPS) is 12.0. The zero-order valence-corrected chi connectivity index (χ0v) is 24.1. The molecule has 0 fully saturated rings. The largest absolute Gasteiger partial charge is 0.416 e. The Labute approximate surface area is 251 Å². The summed E-state index contributed by atoms with van der Waals surface area (Å²) in [7, 11) is 0. The van der Waals surface area contributed by atoms with Crippen molar-refractivity contribution in [2.24, 2.45) is 0 Å². The molecule has 0 bridgehead atoms. The number of amides is 2. The highest BCUT2D eigenvalue weighted by molar-refractivity contribution is 7.93. The van der Waals surface area contributed by atoms with E-state index in [0.717, 1.165) is 34.4 Å². The van der Waals surface area contributed by atoms with Crippen LogP contribution in [0.1, 0.15) is 38.5 Å². The molecule has 0 saturated heterocycles. The van der Waals surface area contributed by atoms with Crippen molar-refractivity contribution in [3.05, 3.63) is 124 Å². The van der Waals surface area contributed by atoms with Gasteiger partial charge in [0.05, 0.1) is 11.5 Å². The Bertz CT molecular complexity index is 1530. The van der Waals surface area contributed by atoms with Crippen LogP contribution in [0, 0.1) is 6.92 Å². The molecule has 218 valence electrons. The van der Waals surface area contributed by atoms with Gasteiger partial charge in [0.1, 0.15) is 0 Å². The second kappa shape index (κ2) is 13.9. The van der Waals surface area contributed by atoms with E-state index in [9.17, 15) is 22.8 Å². The molecule has 1 unspecified atom stereocenters. The van der Waals surface area contributed by atoms with Crippen LogP contribution in [0.4, 0.5) is 18.9 Å². The predicted octanol–water partition coefficient (Wildman–Crippen LogP) is 8.24. The van der Waals surface area contributed by atoms with Crippen LogP contribution in [0.2, 0.25) is 5.02 Å². The van der Waals surface area contributed by atoms with Crippen molar-refractivity contribution in [2.75, 3.05) is 17.6 Å². The molecule has 0 aliphatic rings. The molecular weight excluding hydrogens is 585 g/mol. The van der Waals surface area contributed by atoms with E-state index in [1.807, 2.05) is 37.3 Å². The monoisotopic (exact) mass is 612 g/mol. The van der Waals surface area contributed by atoms with Crippen molar-refractivity contribution in [3.8, 4) is 11.1 Å². The van der Waals surface area contributed by atoms with Crippen LogP contribution in [0.5, 0.6) is 0 Å². The number of hydrogen-bond donors (Lipinski definition) is 3. The van der Waals surface area contributed by atoms with Gasteiger partial charge in [0.15, 0.2) is 0 Å². The summed E-state index contributed by atoms with van der Waals surface area (Å²) in [5.74, 6) is -1.14. The first-order chi connectivity index (χ1) is 20.0. The van der Waals surface area contributed by atoms with Crippen molar-refractivity contribution in [3.63, 3.8) is 0 Å². The zero-order valence-electron chi connectivity index (χ0n) is 22.5. The number of benzene rings is 4. The van der Waals surface area contributed by atoms with Crippen LogP contribution in [-0.4, -0.2) is 28.7 Å². The number of hydrogen-bond acceptors (Lipinski definition) is 4. The van der Waals surface area contributed by atoms with Gasteiger partial charge in [-0.05, 0) is 90.1 Å². The first-order valence-corrected chi connectivity index (χ1v) is 14.4. The van der Waals surface area contributed by atoms with Gasteiger partial charge in [-0.15, -0.1) is 0 Å². The fourth-order valence-electron chi connectivity index (χ4n) is 4.42. The quantitative estimate of drug-likeness (QED) is 0.124. The third-order valence-electron chi connectivity index (χ3n) is 6.68. The summed E-state index contributed by atoms with van der Waals surface area (Å²) in [4.78, 5) is 25.8. The molecule has 10 heteroatoms. The molecule has 4 aromatic carbocycles. The lowest BCUT2D eigenvalue weighted by atomic mass is 9.90. The lowest BCUT2D eigenvalue weighted by Gasteiger charge is -2.19. The van der Waals surface area contributed by atoms with Gasteiger partial charge in [-0.25, -0.2) is 0 Å². The van der Waals surface area contributed by atoms with E-state index in [2.05, 4.69) is 10.6 Å². The lowest BCUT2D eigenvalue weighted by molar-refractivity contribution is -0.137. The first-order valence-electron chi connectivity index (χ1n) is 13.0. The topological polar surface area (TPSA) is 78.4 Å². The second-order valence-electron chi connectivity index (χ2n) is 9.71. The molecule has 4 aromatic rings. The standard InChI is InChI=1S/C32H28ClF3N2O3S/c1-20-2-15-27(29(33)18-20)22-9-13-26(14-10-22)38-31(40)28(23-7-11-25(12-8-23)32(34,35)36)19-21-3-5-24(6-4-21)30(39)37-16-17-42-41/h2-15,18,28,41H,16-17,19H2,1H3,(H,37,39)(H,38,40). The highest BCUT2D eigenvalue weighted by Gasteiger charge is 2.31. The maximum Gasteiger partial charge on any atom is 0.416 e. The number of alkyl halides is 3. The highest BCUT2D eigenvalue weighted by Crippen LogP contribution is 2.32. The van der Waals surface area contributed by atoms with Crippen LogP contribution in [0.15, 0.2) is 91.0 Å². The van der Waals surface area contributed by atoms with Crippen LogP contribution < -0.4 is 10.6 Å². The Kier molecular flexibility index (Phi) is 10.3.